The summed E-state index contributed by atoms with van der Waals surface area (Å²) in [7, 11) is -2.81. The standard InChI is InChI=1S/C15H27N3O4S/c19-15(16-12-14-2-1-9-22-14)18-7-5-17(6-8-18)13-3-10-23(20,21)11-4-13/h13-14H,1-12H2,(H,16,19). The van der Waals surface area contributed by atoms with Crippen molar-refractivity contribution in [2.75, 3.05) is 50.8 Å². The molecule has 3 aliphatic heterocycles. The van der Waals surface area contributed by atoms with E-state index in [-0.39, 0.29) is 12.1 Å². The van der Waals surface area contributed by atoms with Crippen molar-refractivity contribution in [1.82, 2.24) is 15.1 Å². The number of nitrogens with one attached hydrogen (secondary N) is 1. The summed E-state index contributed by atoms with van der Waals surface area (Å²) in [5, 5.41) is 2.96. The van der Waals surface area contributed by atoms with Crippen molar-refractivity contribution >= 4 is 15.9 Å². The first kappa shape index (κ1) is 17.0. The van der Waals surface area contributed by atoms with Crippen molar-refractivity contribution < 1.29 is 17.9 Å². The molecule has 3 heterocycles. The summed E-state index contributed by atoms with van der Waals surface area (Å²) in [6.07, 6.45) is 3.74. The minimum absolute atomic E-state index is 0.00799. The Morgan fingerprint density at radius 3 is 2.39 bits per heavy atom. The second-order valence-corrected chi connectivity index (χ2v) is 9.03. The molecule has 0 saturated carbocycles. The van der Waals surface area contributed by atoms with Crippen LogP contribution in [0.2, 0.25) is 0 Å². The number of nitrogens with zero attached hydrogens (tertiary/aromatic N) is 2. The SMILES string of the molecule is O=C(NCC1CCCO1)N1CCN(C2CCS(=O)(=O)CC2)CC1. The van der Waals surface area contributed by atoms with Gasteiger partial charge < -0.3 is 15.0 Å². The Morgan fingerprint density at radius 2 is 1.78 bits per heavy atom. The Hall–Kier alpha value is -0.860. The average molecular weight is 345 g/mol. The summed E-state index contributed by atoms with van der Waals surface area (Å²) in [6.45, 7) is 4.48. The molecule has 0 bridgehead atoms. The fourth-order valence-corrected chi connectivity index (χ4v) is 5.12. The molecule has 1 atom stereocenters. The zero-order chi connectivity index (χ0) is 16.3. The lowest BCUT2D eigenvalue weighted by atomic mass is 10.1. The summed E-state index contributed by atoms with van der Waals surface area (Å²) in [4.78, 5) is 16.4. The molecule has 0 radical (unpaired) electrons. The van der Waals surface area contributed by atoms with E-state index in [0.29, 0.717) is 37.2 Å². The average Bonchev–Trinajstić information content (AvgIpc) is 3.06. The smallest absolute Gasteiger partial charge is 0.317 e. The van der Waals surface area contributed by atoms with Crippen LogP contribution in [0.15, 0.2) is 0 Å². The molecule has 7 nitrogen and oxygen atoms in total. The monoisotopic (exact) mass is 345 g/mol. The van der Waals surface area contributed by atoms with Crippen LogP contribution in [0.4, 0.5) is 4.79 Å². The molecule has 8 heteroatoms. The molecule has 0 spiro atoms. The summed E-state index contributed by atoms with van der Waals surface area (Å²) in [5.41, 5.74) is 0. The predicted molar refractivity (Wildman–Crippen MR) is 87.2 cm³/mol. The van der Waals surface area contributed by atoms with Crippen LogP contribution >= 0.6 is 0 Å². The van der Waals surface area contributed by atoms with Gasteiger partial charge in [-0.1, -0.05) is 0 Å². The van der Waals surface area contributed by atoms with E-state index in [1.165, 1.54) is 0 Å². The van der Waals surface area contributed by atoms with E-state index >= 15 is 0 Å². The van der Waals surface area contributed by atoms with Crippen LogP contribution in [0, 0.1) is 0 Å². The third kappa shape index (κ3) is 4.58. The van der Waals surface area contributed by atoms with E-state index in [4.69, 9.17) is 4.74 Å². The number of hydrogen-bond acceptors (Lipinski definition) is 5. The van der Waals surface area contributed by atoms with Gasteiger partial charge >= 0.3 is 6.03 Å². The first-order valence-electron chi connectivity index (χ1n) is 8.62. The molecule has 0 aromatic heterocycles. The maximum Gasteiger partial charge on any atom is 0.317 e. The Balaban J connectivity index is 1.38. The number of piperazine rings is 1. The van der Waals surface area contributed by atoms with Crippen molar-refractivity contribution in [1.29, 1.82) is 0 Å². The van der Waals surface area contributed by atoms with E-state index in [9.17, 15) is 13.2 Å². The van der Waals surface area contributed by atoms with E-state index in [1.807, 2.05) is 4.90 Å². The van der Waals surface area contributed by atoms with Crippen LogP contribution in [-0.2, 0) is 14.6 Å². The lowest BCUT2D eigenvalue weighted by Crippen LogP contribution is -2.55. The van der Waals surface area contributed by atoms with Crippen LogP contribution in [0.25, 0.3) is 0 Å². The van der Waals surface area contributed by atoms with Crippen molar-refractivity contribution in [3.63, 3.8) is 0 Å². The van der Waals surface area contributed by atoms with Gasteiger partial charge in [-0.25, -0.2) is 13.2 Å². The largest absolute Gasteiger partial charge is 0.376 e. The molecular weight excluding hydrogens is 318 g/mol. The van der Waals surface area contributed by atoms with Gasteiger partial charge in [0.25, 0.3) is 0 Å². The number of urea groups is 1. The highest BCUT2D eigenvalue weighted by Gasteiger charge is 2.31. The lowest BCUT2D eigenvalue weighted by Gasteiger charge is -2.40. The molecule has 2 amide bonds. The van der Waals surface area contributed by atoms with Gasteiger partial charge in [-0.2, -0.15) is 0 Å². The maximum absolute atomic E-state index is 12.2. The number of hydrogen-bond donors (Lipinski definition) is 1. The van der Waals surface area contributed by atoms with E-state index in [2.05, 4.69) is 10.2 Å². The molecule has 23 heavy (non-hydrogen) atoms. The van der Waals surface area contributed by atoms with Crippen LogP contribution in [-0.4, -0.2) is 87.2 Å². The zero-order valence-corrected chi connectivity index (χ0v) is 14.4. The molecule has 3 aliphatic rings. The highest BCUT2D eigenvalue weighted by atomic mass is 32.2. The second-order valence-electron chi connectivity index (χ2n) is 6.73. The Kier molecular flexibility index (Phi) is 5.43. The number of carbonyl (C=O) groups excluding carboxylic acids is 1. The summed E-state index contributed by atoms with van der Waals surface area (Å²) >= 11 is 0. The van der Waals surface area contributed by atoms with Crippen LogP contribution in [0.3, 0.4) is 0 Å². The first-order valence-corrected chi connectivity index (χ1v) is 10.4. The summed E-state index contributed by atoms with van der Waals surface area (Å²) in [5.74, 6) is 0.611. The summed E-state index contributed by atoms with van der Waals surface area (Å²) < 4.78 is 28.5. The predicted octanol–water partition coefficient (Wildman–Crippen LogP) is 0.0698. The minimum Gasteiger partial charge on any atom is -0.376 e. The van der Waals surface area contributed by atoms with E-state index < -0.39 is 9.84 Å². The zero-order valence-electron chi connectivity index (χ0n) is 13.6. The lowest BCUT2D eigenvalue weighted by molar-refractivity contribution is 0.0933. The van der Waals surface area contributed by atoms with Crippen molar-refractivity contribution in [2.24, 2.45) is 0 Å². The fraction of sp³-hybridized carbons (Fsp3) is 0.933. The fourth-order valence-electron chi connectivity index (χ4n) is 3.65. The molecular formula is C15H27N3O4S. The van der Waals surface area contributed by atoms with Gasteiger partial charge in [0.2, 0.25) is 0 Å². The quantitative estimate of drug-likeness (QED) is 0.783. The Bertz CT molecular complexity index is 497. The second kappa shape index (κ2) is 7.36. The third-order valence-corrected chi connectivity index (χ3v) is 6.86. The third-order valence-electron chi connectivity index (χ3n) is 5.15. The highest BCUT2D eigenvalue weighted by molar-refractivity contribution is 7.91. The molecule has 1 unspecified atom stereocenters. The molecule has 1 N–H and O–H groups in total. The molecule has 3 fully saturated rings. The minimum atomic E-state index is -2.81. The molecule has 0 aliphatic carbocycles. The van der Waals surface area contributed by atoms with Crippen LogP contribution in [0.1, 0.15) is 25.7 Å². The van der Waals surface area contributed by atoms with Gasteiger partial charge in [-0.3, -0.25) is 4.90 Å². The van der Waals surface area contributed by atoms with Crippen LogP contribution < -0.4 is 5.32 Å². The molecule has 0 aromatic carbocycles. The van der Waals surface area contributed by atoms with Crippen molar-refractivity contribution in [2.45, 2.75) is 37.8 Å². The first-order chi connectivity index (χ1) is 11.0. The molecule has 3 saturated heterocycles. The maximum atomic E-state index is 12.2. The molecule has 0 aromatic rings. The molecule has 132 valence electrons. The van der Waals surface area contributed by atoms with Gasteiger partial charge in [0.1, 0.15) is 9.84 Å². The number of amides is 2. The highest BCUT2D eigenvalue weighted by Crippen LogP contribution is 2.19. The van der Waals surface area contributed by atoms with Crippen molar-refractivity contribution in [3.8, 4) is 0 Å². The van der Waals surface area contributed by atoms with Crippen molar-refractivity contribution in [3.05, 3.63) is 0 Å². The van der Waals surface area contributed by atoms with E-state index in [0.717, 1.165) is 45.4 Å². The van der Waals surface area contributed by atoms with Crippen LogP contribution in [0.5, 0.6) is 0 Å². The van der Waals surface area contributed by atoms with Gasteiger partial charge in [-0.15, -0.1) is 0 Å². The number of rotatable bonds is 3. The normalized spacial score (nSPS) is 29.6. The van der Waals surface area contributed by atoms with Gasteiger partial charge in [0, 0.05) is 45.4 Å². The Morgan fingerprint density at radius 1 is 1.09 bits per heavy atom. The summed E-state index contributed by atoms with van der Waals surface area (Å²) in [6, 6.07) is 0.349. The topological polar surface area (TPSA) is 79.0 Å². The molecule has 3 rings (SSSR count). The number of sulfone groups is 1. The Labute approximate surface area is 138 Å². The van der Waals surface area contributed by atoms with Gasteiger partial charge in [-0.05, 0) is 25.7 Å². The number of carbonyl (C=O) groups is 1. The van der Waals surface area contributed by atoms with E-state index in [1.54, 1.807) is 0 Å². The number of ether oxygens (including phenoxy) is 1. The van der Waals surface area contributed by atoms with Gasteiger partial charge in [0.05, 0.1) is 17.6 Å². The van der Waals surface area contributed by atoms with Gasteiger partial charge in [0.15, 0.2) is 0 Å².